The highest BCUT2D eigenvalue weighted by atomic mass is 32.2. The Labute approximate surface area is 619 Å². The minimum absolute atomic E-state index is 0.00190. The third-order valence-corrected chi connectivity index (χ3v) is 38.3. The van der Waals surface area contributed by atoms with Gasteiger partial charge in [-0.25, -0.2) is 34.3 Å². The van der Waals surface area contributed by atoms with Gasteiger partial charge in [0, 0.05) is 32.2 Å². The summed E-state index contributed by atoms with van der Waals surface area (Å²) >= 11 is 5.33. The molecule has 13 atom stereocenters. The van der Waals surface area contributed by atoms with Gasteiger partial charge in [0.15, 0.2) is 36.3 Å². The Morgan fingerprint density at radius 1 is 0.765 bits per heavy atom. The van der Waals surface area contributed by atoms with E-state index in [2.05, 4.69) is 115 Å². The number of nitrogens with zero attached hydrogens (tertiary/aromatic N) is 9. The minimum Gasteiger partial charge on any atom is -0.476 e. The van der Waals surface area contributed by atoms with E-state index in [0.29, 0.717) is 15.8 Å². The van der Waals surface area contributed by atoms with Crippen LogP contribution in [0.3, 0.4) is 0 Å². The second-order valence-corrected chi connectivity index (χ2v) is 47.5. The summed E-state index contributed by atoms with van der Waals surface area (Å²) < 4.78 is 30.4. The van der Waals surface area contributed by atoms with Crippen LogP contribution >= 0.6 is 57.1 Å². The molecule has 37 heteroatoms. The molecule has 0 unspecified atom stereocenters. The van der Waals surface area contributed by atoms with Crippen molar-refractivity contribution in [3.8, 4) is 0 Å². The fourth-order valence-corrected chi connectivity index (χ4v) is 21.6. The first-order valence-corrected chi connectivity index (χ1v) is 46.5. The molecule has 0 saturated carbocycles. The Balaban J connectivity index is 1.39. The molecule has 6 rings (SSSR count). The lowest BCUT2D eigenvalue weighted by Crippen LogP contribution is -2.56. The first-order valence-electron chi connectivity index (χ1n) is 33.7. The zero-order valence-corrected chi connectivity index (χ0v) is 68.8. The lowest BCUT2D eigenvalue weighted by atomic mass is 9.80. The van der Waals surface area contributed by atoms with Crippen LogP contribution in [0.25, 0.3) is 10.4 Å². The van der Waals surface area contributed by atoms with Gasteiger partial charge >= 0.3 is 18.0 Å². The largest absolute Gasteiger partial charge is 0.476 e. The van der Waals surface area contributed by atoms with Crippen molar-refractivity contribution in [1.29, 1.82) is 0 Å². The number of nitrogens with one attached hydrogen (secondary N) is 5. The van der Waals surface area contributed by atoms with Crippen LogP contribution in [0.15, 0.2) is 49.3 Å². The van der Waals surface area contributed by atoms with E-state index in [1.165, 1.54) is 61.9 Å². The predicted octanol–water partition coefficient (Wildman–Crippen LogP) is 11.3. The van der Waals surface area contributed by atoms with E-state index in [9.17, 15) is 49.6 Å². The van der Waals surface area contributed by atoms with Gasteiger partial charge in [-0.2, -0.15) is 0 Å². The van der Waals surface area contributed by atoms with Crippen LogP contribution in [-0.4, -0.2) is 186 Å². The number of carbonyl (C=O) groups excluding carboxylic acids is 6. The number of carboxylic acids is 1. The Morgan fingerprint density at radius 2 is 1.38 bits per heavy atom. The molecule has 4 aromatic heterocycles. The number of carboxylic acid groups (broad SMARTS) is 1. The molecule has 0 saturated heterocycles. The van der Waals surface area contributed by atoms with Crippen LogP contribution in [0.5, 0.6) is 0 Å². The molecule has 5 amide bonds. The molecule has 102 heavy (non-hydrogen) atoms. The highest BCUT2D eigenvalue weighted by molar-refractivity contribution is 8.14. The van der Waals surface area contributed by atoms with Gasteiger partial charge in [0.25, 0.3) is 5.91 Å². The molecule has 0 spiro atoms. The maximum Gasteiger partial charge on any atom is 0.408 e. The van der Waals surface area contributed by atoms with Crippen LogP contribution in [0.4, 0.5) is 4.79 Å². The summed E-state index contributed by atoms with van der Waals surface area (Å²) in [5.74, 6) is -4.65. The first-order chi connectivity index (χ1) is 47.5. The van der Waals surface area contributed by atoms with Gasteiger partial charge in [0.05, 0.1) is 48.0 Å². The number of aliphatic imine (C=N–C) groups is 2. The Kier molecular flexibility index (Phi) is 28.9. The third-order valence-electron chi connectivity index (χ3n) is 19.5. The van der Waals surface area contributed by atoms with Crippen molar-refractivity contribution in [2.24, 2.45) is 15.1 Å². The number of esters is 1. The van der Waals surface area contributed by atoms with Crippen molar-refractivity contribution in [3.63, 3.8) is 0 Å². The SMILES string of the molecule is C=CCOC(=O)N[C@@H](C)C(=O)N[C@]1(c2nc(C(=O)O)cs2)CCC(c2nc(C(=O)OC)cs2)=N[C@@H]1c1csc([C@@H](NC(=O)c2csc([C@@H](NC(=O)[C@H]3CSC([C@@H](NC(=O)[C@@H](N=[N+]=[N-])[C@@H](C)O[Si](C)(C)C(C)(C)C)[C@@H](C)O[Si](CC)(CC)CC)=N3)[C@](C)(O)[C@@H](C)O[Si](C)(C)C(C)(C)C)n2)[C@@H](C)O)n1. The lowest BCUT2D eigenvalue weighted by Gasteiger charge is -2.44. The molecule has 0 aliphatic carbocycles. The highest BCUT2D eigenvalue weighted by Crippen LogP contribution is 2.48. The summed E-state index contributed by atoms with van der Waals surface area (Å²) in [6.45, 7) is 39.9. The molecule has 8 N–H and O–H groups in total. The fraction of sp³-hybridized carbons (Fsp3) is 0.646. The van der Waals surface area contributed by atoms with Gasteiger partial charge in [-0.1, -0.05) is 80.1 Å². The van der Waals surface area contributed by atoms with E-state index in [-0.39, 0.29) is 73.1 Å². The average Bonchev–Trinajstić information content (AvgIpc) is 1.31. The second-order valence-electron chi connectivity index (χ2n) is 28.7. The molecule has 4 aromatic rings. The number of hydrogen-bond acceptors (Lipinski definition) is 26. The fourth-order valence-electron chi connectivity index (χ4n) is 10.9. The molecule has 2 aliphatic heterocycles. The number of azide groups is 1. The van der Waals surface area contributed by atoms with Gasteiger partial charge in [-0.05, 0) is 114 Å². The Morgan fingerprint density at radius 3 is 1.96 bits per heavy atom. The number of rotatable bonds is 34. The first kappa shape index (κ1) is 84.7. The zero-order chi connectivity index (χ0) is 76.4. The summed E-state index contributed by atoms with van der Waals surface area (Å²) in [7, 11) is -6.23. The lowest BCUT2D eigenvalue weighted by molar-refractivity contribution is -0.128. The van der Waals surface area contributed by atoms with Gasteiger partial charge in [-0.15, -0.1) is 57.1 Å². The van der Waals surface area contributed by atoms with Crippen molar-refractivity contribution >= 4 is 134 Å². The summed E-state index contributed by atoms with van der Waals surface area (Å²) in [6.07, 6.45) is -3.19. The topological polar surface area (TPSA) is 412 Å². The maximum absolute atomic E-state index is 15.0. The zero-order valence-electron chi connectivity index (χ0n) is 61.7. The van der Waals surface area contributed by atoms with Gasteiger partial charge in [0.2, 0.25) is 17.7 Å². The summed E-state index contributed by atoms with van der Waals surface area (Å²) in [6, 6.07) is -5.90. The summed E-state index contributed by atoms with van der Waals surface area (Å²) in [4.78, 5) is 128. The van der Waals surface area contributed by atoms with Crippen LogP contribution in [0.1, 0.15) is 192 Å². The predicted molar refractivity (Wildman–Crippen MR) is 404 cm³/mol. The van der Waals surface area contributed by atoms with Gasteiger partial charge in [0.1, 0.15) is 85.8 Å². The van der Waals surface area contributed by atoms with Crippen molar-refractivity contribution in [1.82, 2.24) is 46.5 Å². The molecule has 0 aromatic carbocycles. The number of aliphatic hydroxyl groups is 2. The van der Waals surface area contributed by atoms with E-state index < -0.39 is 144 Å². The van der Waals surface area contributed by atoms with Crippen LogP contribution < -0.4 is 26.6 Å². The van der Waals surface area contributed by atoms with E-state index in [4.69, 9.17) is 42.7 Å². The highest BCUT2D eigenvalue weighted by Gasteiger charge is 2.52. The number of carbonyl (C=O) groups is 7. The second kappa shape index (κ2) is 34.8. The number of amides is 5. The quantitative estimate of drug-likeness (QED) is 0.00538. The number of thioether (sulfide) groups is 1. The van der Waals surface area contributed by atoms with Crippen LogP contribution in [0.2, 0.25) is 54.4 Å². The van der Waals surface area contributed by atoms with Gasteiger partial charge < -0.3 is 64.7 Å². The van der Waals surface area contributed by atoms with Crippen LogP contribution in [0, 0.1) is 0 Å². The van der Waals surface area contributed by atoms with Crippen LogP contribution in [-0.2, 0) is 42.7 Å². The minimum atomic E-state index is -2.63. The number of methoxy groups -OCH3 is 1. The number of aliphatic hydroxyl groups excluding tert-OH is 1. The third kappa shape index (κ3) is 20.0. The molecule has 29 nitrogen and oxygen atoms in total. The van der Waals surface area contributed by atoms with Crippen molar-refractivity contribution in [2.45, 2.75) is 249 Å². The molecule has 562 valence electrons. The average molecular weight is 1560 g/mol. The summed E-state index contributed by atoms with van der Waals surface area (Å²) in [5.41, 5.74) is 6.28. The number of alkyl carbamates (subject to hydrolysis) is 1. The maximum atomic E-state index is 15.0. The van der Waals surface area contributed by atoms with E-state index in [1.54, 1.807) is 19.2 Å². The normalized spacial score (nSPS) is 20.0. The number of aromatic carboxylic acids is 1. The molecule has 0 fully saturated rings. The number of thiazole rings is 4. The van der Waals surface area contributed by atoms with Gasteiger partial charge in [-0.3, -0.25) is 29.2 Å². The molecule has 6 heterocycles. The molecule has 0 bridgehead atoms. The van der Waals surface area contributed by atoms with Crippen molar-refractivity contribution in [2.75, 3.05) is 19.5 Å². The van der Waals surface area contributed by atoms with E-state index in [0.717, 1.165) is 63.5 Å². The Bertz CT molecular complexity index is 3770. The van der Waals surface area contributed by atoms with Crippen molar-refractivity contribution < 1.29 is 71.6 Å². The standard InChI is InChI=1S/C65H100N14O15S5Si3/c1-22-28-91-61(88)67-34(5)50(81)77-65(60-73-43(32-99-60)58(85)86)27-26-39(54-72-44(33-95-54)59(87)90-17)68-48(65)40-29-96-55(69-40)45(35(6)80)74-51(82)41-31-98-57(71-41)49(64(16,89)38(9)94-101(20,21)63(13,14)15)76-52(83)42-30-97-56(70-42)47(37(8)93-102(23-2,24-3)25-4)75-53(84)46(78-79-66)36(7)92-100(18,19)62(10,11)12/h22,29,31-38,42,45-49,80,89H,1,23-28,30H2,2-21H3,(H,67,88)(H,74,82)(H,75,84)(H,76,83)(H,77,81)(H,85,86)/t34-,35+,36+,37+,38+,42+,45-,46-,47-,48+,49+,64+,65+/m0/s1. The number of aromatic nitrogens is 4. The monoisotopic (exact) mass is 1560 g/mol. The number of ether oxygens (including phenoxy) is 2. The number of hydrogen-bond donors (Lipinski definition) is 8. The van der Waals surface area contributed by atoms with Crippen molar-refractivity contribution in [3.05, 3.63) is 87.4 Å². The van der Waals surface area contributed by atoms with E-state index >= 15 is 4.79 Å². The van der Waals surface area contributed by atoms with E-state index in [1.807, 2.05) is 33.1 Å². The molecule has 2 aliphatic rings. The molecule has 0 radical (unpaired) electrons. The molecular formula is C65H100N14O15S5Si3. The Hall–Kier alpha value is -6.20. The smallest absolute Gasteiger partial charge is 0.408 e. The summed E-state index contributed by atoms with van der Waals surface area (Å²) in [5, 5.41) is 59.6. The molecular weight excluding hydrogens is 1460 g/mol.